The molecule has 0 aliphatic rings. The number of aromatic carboxylic acids is 1. The van der Waals surface area contributed by atoms with Crippen LogP contribution in [-0.4, -0.2) is 21.0 Å². The SMILES string of the molecule is O=C(O)c1c2cc(Br)ccc2nc2c1[nH]c1ccccc12. The van der Waals surface area contributed by atoms with Crippen LogP contribution >= 0.6 is 15.9 Å². The van der Waals surface area contributed by atoms with Crippen LogP contribution in [-0.2, 0) is 0 Å². The number of carboxylic acids is 1. The number of nitrogens with one attached hydrogen (secondary N) is 1. The largest absolute Gasteiger partial charge is 0.478 e. The summed E-state index contributed by atoms with van der Waals surface area (Å²) in [6, 6.07) is 13.2. The minimum absolute atomic E-state index is 0.257. The molecule has 102 valence electrons. The standard InChI is InChI=1S/C16H9BrN2O2/c17-8-5-6-12-10(7-8)13(16(20)21)15-14(18-12)9-3-1-2-4-11(9)19-15/h1-7,19H,(H,20,21). The highest BCUT2D eigenvalue weighted by Crippen LogP contribution is 2.32. The second-order valence-electron chi connectivity index (χ2n) is 4.85. The van der Waals surface area contributed by atoms with E-state index in [4.69, 9.17) is 0 Å². The van der Waals surface area contributed by atoms with E-state index in [-0.39, 0.29) is 5.56 Å². The quantitative estimate of drug-likeness (QED) is 0.542. The van der Waals surface area contributed by atoms with Gasteiger partial charge in [0.25, 0.3) is 0 Å². The summed E-state index contributed by atoms with van der Waals surface area (Å²) in [7, 11) is 0. The van der Waals surface area contributed by atoms with E-state index in [0.717, 1.165) is 15.4 Å². The zero-order chi connectivity index (χ0) is 14.6. The summed E-state index contributed by atoms with van der Waals surface area (Å²) in [5, 5.41) is 11.2. The van der Waals surface area contributed by atoms with Gasteiger partial charge >= 0.3 is 5.97 Å². The van der Waals surface area contributed by atoms with Gasteiger partial charge in [-0.1, -0.05) is 34.1 Å². The Bertz CT molecular complexity index is 1040. The second-order valence-corrected chi connectivity index (χ2v) is 5.76. The lowest BCUT2D eigenvalue weighted by Gasteiger charge is -2.04. The summed E-state index contributed by atoms with van der Waals surface area (Å²) >= 11 is 3.38. The van der Waals surface area contributed by atoms with Gasteiger partial charge < -0.3 is 10.1 Å². The molecule has 2 aromatic carbocycles. The van der Waals surface area contributed by atoms with Crippen molar-refractivity contribution >= 4 is 54.7 Å². The van der Waals surface area contributed by atoms with Crippen molar-refractivity contribution in [3.63, 3.8) is 0 Å². The maximum absolute atomic E-state index is 11.8. The number of H-pyrrole nitrogens is 1. The second kappa shape index (κ2) is 4.30. The van der Waals surface area contributed by atoms with Crippen LogP contribution in [0.4, 0.5) is 0 Å². The first-order valence-corrected chi connectivity index (χ1v) is 7.17. The lowest BCUT2D eigenvalue weighted by Crippen LogP contribution is -2.00. The first-order chi connectivity index (χ1) is 10.1. The molecule has 2 N–H and O–H groups in total. The van der Waals surface area contributed by atoms with Gasteiger partial charge in [0.05, 0.1) is 22.1 Å². The number of hydrogen-bond donors (Lipinski definition) is 2. The number of nitrogens with zero attached hydrogens (tertiary/aromatic N) is 1. The van der Waals surface area contributed by atoms with Gasteiger partial charge in [-0.2, -0.15) is 0 Å². The third-order valence-corrected chi connectivity index (χ3v) is 4.10. The average Bonchev–Trinajstić information content (AvgIpc) is 2.82. The van der Waals surface area contributed by atoms with Crippen LogP contribution in [0.3, 0.4) is 0 Å². The van der Waals surface area contributed by atoms with Gasteiger partial charge in [-0.3, -0.25) is 0 Å². The van der Waals surface area contributed by atoms with Gasteiger partial charge in [0.1, 0.15) is 0 Å². The number of para-hydroxylation sites is 1. The van der Waals surface area contributed by atoms with Crippen molar-refractivity contribution in [3.05, 3.63) is 52.5 Å². The van der Waals surface area contributed by atoms with Gasteiger partial charge in [0.15, 0.2) is 0 Å². The summed E-state index contributed by atoms with van der Waals surface area (Å²) in [6.45, 7) is 0. The Labute approximate surface area is 127 Å². The number of carboxylic acid groups (broad SMARTS) is 1. The molecule has 4 aromatic rings. The summed E-state index contributed by atoms with van der Waals surface area (Å²) in [5.41, 5.74) is 3.07. The maximum Gasteiger partial charge on any atom is 0.338 e. The highest BCUT2D eigenvalue weighted by molar-refractivity contribution is 9.10. The molecule has 2 heterocycles. The van der Waals surface area contributed by atoms with E-state index in [0.29, 0.717) is 21.9 Å². The summed E-state index contributed by atoms with van der Waals surface area (Å²) in [4.78, 5) is 19.6. The fraction of sp³-hybridized carbons (Fsp3) is 0. The number of rotatable bonds is 1. The minimum Gasteiger partial charge on any atom is -0.478 e. The molecule has 21 heavy (non-hydrogen) atoms. The van der Waals surface area contributed by atoms with Crippen LogP contribution in [0.2, 0.25) is 0 Å². The third kappa shape index (κ3) is 1.74. The Morgan fingerprint density at radius 1 is 1.14 bits per heavy atom. The average molecular weight is 341 g/mol. The lowest BCUT2D eigenvalue weighted by atomic mass is 10.1. The van der Waals surface area contributed by atoms with Crippen molar-refractivity contribution in [1.29, 1.82) is 0 Å². The lowest BCUT2D eigenvalue weighted by molar-refractivity contribution is 0.0701. The van der Waals surface area contributed by atoms with Gasteiger partial charge in [-0.25, -0.2) is 9.78 Å². The van der Waals surface area contributed by atoms with E-state index in [9.17, 15) is 9.90 Å². The molecule has 0 aliphatic heterocycles. The maximum atomic E-state index is 11.8. The van der Waals surface area contributed by atoms with E-state index in [1.807, 2.05) is 36.4 Å². The minimum atomic E-state index is -0.961. The number of aromatic amines is 1. The molecule has 0 saturated heterocycles. The fourth-order valence-corrected chi connectivity index (χ4v) is 3.07. The molecule has 4 rings (SSSR count). The molecule has 0 unspecified atom stereocenters. The van der Waals surface area contributed by atoms with Crippen molar-refractivity contribution in [2.45, 2.75) is 0 Å². The highest BCUT2D eigenvalue weighted by atomic mass is 79.9. The number of pyridine rings is 1. The molecule has 0 atom stereocenters. The summed E-state index contributed by atoms with van der Waals surface area (Å²) in [6.07, 6.45) is 0. The highest BCUT2D eigenvalue weighted by Gasteiger charge is 2.18. The van der Waals surface area contributed by atoms with E-state index in [1.54, 1.807) is 6.07 Å². The summed E-state index contributed by atoms with van der Waals surface area (Å²) in [5.74, 6) is -0.961. The van der Waals surface area contributed by atoms with Crippen molar-refractivity contribution in [2.75, 3.05) is 0 Å². The van der Waals surface area contributed by atoms with Gasteiger partial charge in [0.2, 0.25) is 0 Å². The molecule has 4 nitrogen and oxygen atoms in total. The zero-order valence-corrected chi connectivity index (χ0v) is 12.3. The number of aromatic nitrogens is 2. The van der Waals surface area contributed by atoms with E-state index in [2.05, 4.69) is 25.9 Å². The fourth-order valence-electron chi connectivity index (χ4n) is 2.71. The smallest absolute Gasteiger partial charge is 0.338 e. The molecule has 0 bridgehead atoms. The molecule has 0 fully saturated rings. The Kier molecular flexibility index (Phi) is 2.53. The topological polar surface area (TPSA) is 66.0 Å². The van der Waals surface area contributed by atoms with Crippen molar-refractivity contribution in [3.8, 4) is 0 Å². The molecule has 2 aromatic heterocycles. The Balaban J connectivity index is 2.32. The first kappa shape index (κ1) is 12.3. The summed E-state index contributed by atoms with van der Waals surface area (Å²) < 4.78 is 0.828. The van der Waals surface area contributed by atoms with Crippen LogP contribution in [0.1, 0.15) is 10.4 Å². The van der Waals surface area contributed by atoms with Crippen LogP contribution in [0.25, 0.3) is 32.8 Å². The van der Waals surface area contributed by atoms with Crippen molar-refractivity contribution < 1.29 is 9.90 Å². The third-order valence-electron chi connectivity index (χ3n) is 3.60. The van der Waals surface area contributed by atoms with Gasteiger partial charge in [-0.05, 0) is 24.3 Å². The number of hydrogen-bond acceptors (Lipinski definition) is 2. The van der Waals surface area contributed by atoms with Crippen LogP contribution < -0.4 is 0 Å². The van der Waals surface area contributed by atoms with Crippen molar-refractivity contribution in [1.82, 2.24) is 9.97 Å². The molecule has 0 aliphatic carbocycles. The van der Waals surface area contributed by atoms with E-state index >= 15 is 0 Å². The normalized spacial score (nSPS) is 11.5. The number of benzene rings is 2. The Hall–Kier alpha value is -2.40. The molecular weight excluding hydrogens is 332 g/mol. The predicted octanol–water partition coefficient (Wildman–Crippen LogP) is 4.33. The Morgan fingerprint density at radius 3 is 2.76 bits per heavy atom. The van der Waals surface area contributed by atoms with E-state index in [1.165, 1.54) is 0 Å². The van der Waals surface area contributed by atoms with Crippen LogP contribution in [0.15, 0.2) is 46.9 Å². The monoisotopic (exact) mass is 340 g/mol. The van der Waals surface area contributed by atoms with Crippen LogP contribution in [0.5, 0.6) is 0 Å². The molecule has 0 amide bonds. The molecular formula is C16H9BrN2O2. The van der Waals surface area contributed by atoms with Gasteiger partial charge in [0, 0.05) is 20.8 Å². The number of fused-ring (bicyclic) bond motifs is 4. The number of halogens is 1. The van der Waals surface area contributed by atoms with Crippen molar-refractivity contribution in [2.24, 2.45) is 0 Å². The van der Waals surface area contributed by atoms with E-state index < -0.39 is 5.97 Å². The zero-order valence-electron chi connectivity index (χ0n) is 10.7. The predicted molar refractivity (Wildman–Crippen MR) is 85.8 cm³/mol. The molecule has 0 radical (unpaired) electrons. The molecule has 0 saturated carbocycles. The Morgan fingerprint density at radius 2 is 1.95 bits per heavy atom. The van der Waals surface area contributed by atoms with Crippen LogP contribution in [0, 0.1) is 0 Å². The van der Waals surface area contributed by atoms with Gasteiger partial charge in [-0.15, -0.1) is 0 Å². The first-order valence-electron chi connectivity index (χ1n) is 6.38. The number of carbonyl (C=O) groups is 1. The molecule has 5 heteroatoms. The molecule has 0 spiro atoms.